The van der Waals surface area contributed by atoms with Crippen molar-refractivity contribution >= 4 is 17.9 Å². The van der Waals surface area contributed by atoms with Crippen LogP contribution in [0.5, 0.6) is 0 Å². The molecule has 7 heteroatoms. The van der Waals surface area contributed by atoms with Crippen LogP contribution >= 0.6 is 0 Å². The maximum absolute atomic E-state index is 12.8. The van der Waals surface area contributed by atoms with Crippen LogP contribution < -0.4 is 11.1 Å². The van der Waals surface area contributed by atoms with E-state index in [0.717, 1.165) is 18.4 Å². The van der Waals surface area contributed by atoms with E-state index in [4.69, 9.17) is 5.73 Å². The van der Waals surface area contributed by atoms with Gasteiger partial charge in [-0.2, -0.15) is 0 Å². The molecule has 2 heterocycles. The number of carbonyl (C=O) groups is 2. The lowest BCUT2D eigenvalue weighted by molar-refractivity contribution is -0.129. The molecule has 7 nitrogen and oxygen atoms in total. The van der Waals surface area contributed by atoms with Crippen molar-refractivity contribution in [1.29, 1.82) is 0 Å². The third kappa shape index (κ3) is 4.07. The number of amides is 3. The summed E-state index contributed by atoms with van der Waals surface area (Å²) in [5.41, 5.74) is 6.45. The number of rotatable bonds is 3. The van der Waals surface area contributed by atoms with Crippen LogP contribution in [0.15, 0.2) is 35.3 Å². The van der Waals surface area contributed by atoms with Gasteiger partial charge in [0.25, 0.3) is 0 Å². The van der Waals surface area contributed by atoms with Crippen LogP contribution in [-0.2, 0) is 4.79 Å². The summed E-state index contributed by atoms with van der Waals surface area (Å²) in [6.45, 7) is 5.25. The highest BCUT2D eigenvalue weighted by Crippen LogP contribution is 2.35. The van der Waals surface area contributed by atoms with Gasteiger partial charge in [0.2, 0.25) is 5.91 Å². The highest BCUT2D eigenvalue weighted by atomic mass is 16.2. The molecule has 1 aromatic rings. The summed E-state index contributed by atoms with van der Waals surface area (Å²) in [6, 6.07) is 9.77. The van der Waals surface area contributed by atoms with Crippen molar-refractivity contribution in [3.8, 4) is 0 Å². The summed E-state index contributed by atoms with van der Waals surface area (Å²) in [5, 5.41) is 3.08. The molecule has 0 aliphatic carbocycles. The van der Waals surface area contributed by atoms with E-state index in [1.54, 1.807) is 7.05 Å². The van der Waals surface area contributed by atoms with Gasteiger partial charge >= 0.3 is 6.03 Å². The Hall–Kier alpha value is -2.57. The molecule has 1 aromatic carbocycles. The minimum atomic E-state index is -0.558. The third-order valence-corrected chi connectivity index (χ3v) is 5.82. The zero-order chi connectivity index (χ0) is 19.6. The van der Waals surface area contributed by atoms with E-state index < -0.39 is 5.54 Å². The number of piperidine rings is 1. The standard InChI is InChI=1S/C20H29N5O2/c1-14(15-8-5-4-6-9-15)22-19(27)25-11-7-10-16(13-25)20(2)12-17(26)24(3)18(21)23-20/h4-6,8-9,14,16H,7,10-13H2,1-3H3,(H2,21,23)(H,22,27)/t14-,16?,20+/m1/s1. The van der Waals surface area contributed by atoms with Crippen molar-refractivity contribution in [2.75, 3.05) is 20.1 Å². The second kappa shape index (κ2) is 7.58. The summed E-state index contributed by atoms with van der Waals surface area (Å²) in [6.07, 6.45) is 2.15. The Labute approximate surface area is 160 Å². The summed E-state index contributed by atoms with van der Waals surface area (Å²) in [5.74, 6) is 0.345. The number of benzene rings is 1. The number of nitrogens with two attached hydrogens (primary N) is 1. The van der Waals surface area contributed by atoms with Gasteiger partial charge in [-0.15, -0.1) is 0 Å². The Morgan fingerprint density at radius 2 is 2.07 bits per heavy atom. The van der Waals surface area contributed by atoms with Crippen molar-refractivity contribution in [3.63, 3.8) is 0 Å². The van der Waals surface area contributed by atoms with Crippen LogP contribution in [0, 0.1) is 5.92 Å². The Kier molecular flexibility index (Phi) is 5.39. The molecule has 1 unspecified atom stereocenters. The lowest BCUT2D eigenvalue weighted by Gasteiger charge is -2.43. The Morgan fingerprint density at radius 1 is 1.37 bits per heavy atom. The number of aliphatic imine (C=N–C) groups is 1. The molecule has 3 amide bonds. The number of carbonyl (C=O) groups excluding carboxylic acids is 2. The fraction of sp³-hybridized carbons (Fsp3) is 0.550. The van der Waals surface area contributed by atoms with Gasteiger partial charge in [-0.05, 0) is 32.3 Å². The Bertz CT molecular complexity index is 735. The van der Waals surface area contributed by atoms with Gasteiger partial charge in [-0.1, -0.05) is 30.3 Å². The fourth-order valence-corrected chi connectivity index (χ4v) is 3.94. The van der Waals surface area contributed by atoms with Gasteiger partial charge in [0.15, 0.2) is 5.96 Å². The van der Waals surface area contributed by atoms with Crippen molar-refractivity contribution < 1.29 is 9.59 Å². The van der Waals surface area contributed by atoms with E-state index in [-0.39, 0.29) is 29.9 Å². The Morgan fingerprint density at radius 3 is 2.74 bits per heavy atom. The zero-order valence-corrected chi connectivity index (χ0v) is 16.3. The molecule has 3 N–H and O–H groups in total. The number of nitrogens with zero attached hydrogens (tertiary/aromatic N) is 3. The maximum Gasteiger partial charge on any atom is 0.317 e. The van der Waals surface area contributed by atoms with Gasteiger partial charge in [0.1, 0.15) is 0 Å². The number of hydrogen-bond acceptors (Lipinski definition) is 4. The molecule has 27 heavy (non-hydrogen) atoms. The molecular weight excluding hydrogens is 342 g/mol. The van der Waals surface area contributed by atoms with E-state index in [1.165, 1.54) is 4.90 Å². The summed E-state index contributed by atoms with van der Waals surface area (Å²) in [7, 11) is 1.65. The van der Waals surface area contributed by atoms with Crippen LogP contribution in [0.25, 0.3) is 0 Å². The number of nitrogens with one attached hydrogen (secondary N) is 1. The monoisotopic (exact) mass is 371 g/mol. The molecule has 0 saturated carbocycles. The molecule has 0 aromatic heterocycles. The molecule has 3 atom stereocenters. The Balaban J connectivity index is 1.67. The predicted octanol–water partition coefficient (Wildman–Crippen LogP) is 2.10. The van der Waals surface area contributed by atoms with Crippen LogP contribution in [0.2, 0.25) is 0 Å². The minimum Gasteiger partial charge on any atom is -0.369 e. The lowest BCUT2D eigenvalue weighted by atomic mass is 9.77. The number of guanidine groups is 1. The van der Waals surface area contributed by atoms with Crippen LogP contribution in [-0.4, -0.2) is 53.4 Å². The van der Waals surface area contributed by atoms with E-state index in [9.17, 15) is 9.59 Å². The molecule has 1 saturated heterocycles. The van der Waals surface area contributed by atoms with E-state index in [0.29, 0.717) is 19.5 Å². The average Bonchev–Trinajstić information content (AvgIpc) is 2.67. The van der Waals surface area contributed by atoms with E-state index in [1.807, 2.05) is 49.1 Å². The van der Waals surface area contributed by atoms with E-state index in [2.05, 4.69) is 10.3 Å². The first-order valence-corrected chi connectivity index (χ1v) is 9.52. The SMILES string of the molecule is C[C@@H](NC(=O)N1CCCC([C@]2(C)CC(=O)N(C)C(N)=N2)C1)c1ccccc1. The molecule has 0 spiro atoms. The van der Waals surface area contributed by atoms with Gasteiger partial charge in [0, 0.05) is 26.1 Å². The normalized spacial score (nSPS) is 27.1. The molecule has 146 valence electrons. The second-order valence-corrected chi connectivity index (χ2v) is 7.82. The number of likely N-dealkylation sites (tertiary alicyclic amines) is 1. The van der Waals surface area contributed by atoms with Crippen LogP contribution in [0.4, 0.5) is 4.79 Å². The van der Waals surface area contributed by atoms with Crippen LogP contribution in [0.3, 0.4) is 0 Å². The van der Waals surface area contributed by atoms with Gasteiger partial charge in [0.05, 0.1) is 18.0 Å². The number of hydrogen-bond donors (Lipinski definition) is 2. The van der Waals surface area contributed by atoms with E-state index >= 15 is 0 Å². The fourth-order valence-electron chi connectivity index (χ4n) is 3.94. The third-order valence-electron chi connectivity index (χ3n) is 5.82. The van der Waals surface area contributed by atoms with Gasteiger partial charge < -0.3 is 16.0 Å². The van der Waals surface area contributed by atoms with Crippen molar-refractivity contribution in [1.82, 2.24) is 15.1 Å². The molecule has 0 radical (unpaired) electrons. The van der Waals surface area contributed by atoms with Crippen LogP contribution in [0.1, 0.15) is 44.7 Å². The minimum absolute atomic E-state index is 0.0238. The number of urea groups is 1. The first kappa shape index (κ1) is 19.2. The average molecular weight is 371 g/mol. The maximum atomic E-state index is 12.8. The lowest BCUT2D eigenvalue weighted by Crippen LogP contribution is -2.55. The summed E-state index contributed by atoms with van der Waals surface area (Å²) < 4.78 is 0. The molecule has 2 aliphatic heterocycles. The first-order chi connectivity index (χ1) is 12.8. The molecular formula is C20H29N5O2. The van der Waals surface area contributed by atoms with Crippen molar-refractivity contribution in [3.05, 3.63) is 35.9 Å². The molecule has 0 bridgehead atoms. The zero-order valence-electron chi connectivity index (χ0n) is 16.3. The first-order valence-electron chi connectivity index (χ1n) is 9.52. The predicted molar refractivity (Wildman–Crippen MR) is 105 cm³/mol. The van der Waals surface area contributed by atoms with Gasteiger partial charge in [-0.3, -0.25) is 9.69 Å². The largest absolute Gasteiger partial charge is 0.369 e. The molecule has 1 fully saturated rings. The van der Waals surface area contributed by atoms with Crippen molar-refractivity contribution in [2.45, 2.75) is 44.7 Å². The smallest absolute Gasteiger partial charge is 0.317 e. The topological polar surface area (TPSA) is 91.0 Å². The quantitative estimate of drug-likeness (QED) is 0.852. The highest BCUT2D eigenvalue weighted by molar-refractivity contribution is 5.98. The van der Waals surface area contributed by atoms with Gasteiger partial charge in [-0.25, -0.2) is 9.79 Å². The molecule has 3 rings (SSSR count). The molecule has 2 aliphatic rings. The second-order valence-electron chi connectivity index (χ2n) is 7.82. The van der Waals surface area contributed by atoms with Crippen molar-refractivity contribution in [2.24, 2.45) is 16.6 Å². The highest BCUT2D eigenvalue weighted by Gasteiger charge is 2.43. The summed E-state index contributed by atoms with van der Waals surface area (Å²) in [4.78, 5) is 32.9. The summed E-state index contributed by atoms with van der Waals surface area (Å²) >= 11 is 0.